The van der Waals surface area contributed by atoms with Crippen molar-refractivity contribution >= 4 is 17.4 Å². The zero-order chi connectivity index (χ0) is 14.9. The molecule has 0 aromatic heterocycles. The Kier molecular flexibility index (Phi) is 3.93. The lowest BCUT2D eigenvalue weighted by molar-refractivity contribution is -0.116. The number of allylic oxidation sites excluding steroid dienone is 1. The van der Waals surface area contributed by atoms with Crippen LogP contribution in [0.15, 0.2) is 30.0 Å². The van der Waals surface area contributed by atoms with Crippen molar-refractivity contribution in [1.29, 1.82) is 0 Å². The molecule has 1 aliphatic carbocycles. The van der Waals surface area contributed by atoms with Gasteiger partial charge in [0.1, 0.15) is 0 Å². The summed E-state index contributed by atoms with van der Waals surface area (Å²) in [6.07, 6.45) is 3.47. The molecule has 4 nitrogen and oxygen atoms in total. The minimum Gasteiger partial charge on any atom is -0.383 e. The van der Waals surface area contributed by atoms with E-state index in [1.165, 1.54) is 6.92 Å². The van der Waals surface area contributed by atoms with E-state index in [4.69, 9.17) is 0 Å². The number of anilines is 1. The standard InChI is InChI=1S/C16H20N2O2/c1-11(19)18(4)14-7-8-15-12(9-14)5-6-13(16(15)20)10-17(2)3/h7-10H,5-6H2,1-4H3/b13-10-. The van der Waals surface area contributed by atoms with E-state index in [0.29, 0.717) is 0 Å². The molecule has 1 aromatic carbocycles. The van der Waals surface area contributed by atoms with Gasteiger partial charge >= 0.3 is 0 Å². The molecule has 0 bridgehead atoms. The van der Waals surface area contributed by atoms with Gasteiger partial charge in [0.25, 0.3) is 0 Å². The van der Waals surface area contributed by atoms with E-state index in [-0.39, 0.29) is 11.7 Å². The lowest BCUT2D eigenvalue weighted by Crippen LogP contribution is -2.24. The van der Waals surface area contributed by atoms with Crippen LogP contribution in [0.25, 0.3) is 0 Å². The van der Waals surface area contributed by atoms with E-state index in [2.05, 4.69) is 0 Å². The Balaban J connectivity index is 2.36. The third-order valence-corrected chi connectivity index (χ3v) is 3.56. The van der Waals surface area contributed by atoms with E-state index in [9.17, 15) is 9.59 Å². The van der Waals surface area contributed by atoms with Gasteiger partial charge in [0.2, 0.25) is 5.91 Å². The predicted octanol–water partition coefficient (Wildman–Crippen LogP) is 2.24. The van der Waals surface area contributed by atoms with Crippen LogP contribution >= 0.6 is 0 Å². The number of amides is 1. The van der Waals surface area contributed by atoms with Crippen LogP contribution in [0, 0.1) is 0 Å². The number of fused-ring (bicyclic) bond motifs is 1. The van der Waals surface area contributed by atoms with Crippen molar-refractivity contribution in [2.24, 2.45) is 0 Å². The second-order valence-corrected chi connectivity index (χ2v) is 5.37. The Morgan fingerprint density at radius 2 is 1.90 bits per heavy atom. The average Bonchev–Trinajstić information content (AvgIpc) is 2.40. The van der Waals surface area contributed by atoms with E-state index >= 15 is 0 Å². The minimum atomic E-state index is -0.0136. The molecule has 0 spiro atoms. The topological polar surface area (TPSA) is 40.6 Å². The second-order valence-electron chi connectivity index (χ2n) is 5.37. The van der Waals surface area contributed by atoms with Crippen LogP contribution in [0.4, 0.5) is 5.69 Å². The van der Waals surface area contributed by atoms with Gasteiger partial charge in [-0.1, -0.05) is 0 Å². The molecular weight excluding hydrogens is 252 g/mol. The van der Waals surface area contributed by atoms with Crippen LogP contribution in [0.3, 0.4) is 0 Å². The third-order valence-electron chi connectivity index (χ3n) is 3.56. The van der Waals surface area contributed by atoms with Gasteiger partial charge in [0.15, 0.2) is 5.78 Å². The summed E-state index contributed by atoms with van der Waals surface area (Å²) >= 11 is 0. The molecule has 20 heavy (non-hydrogen) atoms. The maximum Gasteiger partial charge on any atom is 0.223 e. The molecule has 0 unspecified atom stereocenters. The molecule has 0 aliphatic heterocycles. The molecule has 0 radical (unpaired) electrons. The van der Waals surface area contributed by atoms with E-state index < -0.39 is 0 Å². The van der Waals surface area contributed by atoms with Gasteiger partial charge in [-0.05, 0) is 36.6 Å². The van der Waals surface area contributed by atoms with E-state index in [1.54, 1.807) is 11.9 Å². The molecule has 1 aromatic rings. The first kappa shape index (κ1) is 14.3. The molecule has 106 valence electrons. The molecule has 0 atom stereocenters. The Hall–Kier alpha value is -2.10. The quantitative estimate of drug-likeness (QED) is 0.775. The van der Waals surface area contributed by atoms with Crippen molar-refractivity contribution in [3.63, 3.8) is 0 Å². The number of hydrogen-bond donors (Lipinski definition) is 0. The predicted molar refractivity (Wildman–Crippen MR) is 79.9 cm³/mol. The zero-order valence-corrected chi connectivity index (χ0v) is 12.4. The summed E-state index contributed by atoms with van der Waals surface area (Å²) in [6, 6.07) is 5.60. The fourth-order valence-corrected chi connectivity index (χ4v) is 2.39. The highest BCUT2D eigenvalue weighted by atomic mass is 16.2. The Labute approximate surface area is 119 Å². The van der Waals surface area contributed by atoms with Crippen molar-refractivity contribution in [1.82, 2.24) is 4.90 Å². The molecule has 1 amide bonds. The highest BCUT2D eigenvalue weighted by Gasteiger charge is 2.23. The molecule has 0 saturated heterocycles. The Bertz CT molecular complexity index is 588. The fraction of sp³-hybridized carbons (Fsp3) is 0.375. The number of carbonyl (C=O) groups is 2. The minimum absolute atomic E-state index is 0.0136. The van der Waals surface area contributed by atoms with Crippen molar-refractivity contribution in [2.75, 3.05) is 26.0 Å². The molecular formula is C16H20N2O2. The lowest BCUT2D eigenvalue weighted by Gasteiger charge is -2.22. The maximum absolute atomic E-state index is 12.4. The summed E-state index contributed by atoms with van der Waals surface area (Å²) in [5.41, 5.74) is 3.46. The number of Topliss-reactive ketones (excluding diaryl/α,β-unsaturated/α-hetero) is 1. The lowest BCUT2D eigenvalue weighted by atomic mass is 9.87. The fourth-order valence-electron chi connectivity index (χ4n) is 2.39. The van der Waals surface area contributed by atoms with Crippen molar-refractivity contribution in [3.05, 3.63) is 41.1 Å². The maximum atomic E-state index is 12.4. The smallest absolute Gasteiger partial charge is 0.223 e. The Morgan fingerprint density at radius 3 is 2.50 bits per heavy atom. The van der Waals surface area contributed by atoms with Gasteiger partial charge in [-0.25, -0.2) is 0 Å². The van der Waals surface area contributed by atoms with Gasteiger partial charge in [-0.3, -0.25) is 9.59 Å². The number of aryl methyl sites for hydroxylation is 1. The van der Waals surface area contributed by atoms with Gasteiger partial charge in [0, 0.05) is 51.1 Å². The normalized spacial score (nSPS) is 16.0. The van der Waals surface area contributed by atoms with Gasteiger partial charge in [-0.15, -0.1) is 0 Å². The zero-order valence-electron chi connectivity index (χ0n) is 12.4. The first-order valence-electron chi connectivity index (χ1n) is 6.69. The number of hydrogen-bond acceptors (Lipinski definition) is 3. The van der Waals surface area contributed by atoms with Crippen molar-refractivity contribution < 1.29 is 9.59 Å². The molecule has 0 saturated carbocycles. The highest BCUT2D eigenvalue weighted by Crippen LogP contribution is 2.28. The molecule has 0 heterocycles. The summed E-state index contributed by atoms with van der Waals surface area (Å²) in [6.45, 7) is 1.53. The summed E-state index contributed by atoms with van der Waals surface area (Å²) in [5, 5.41) is 0. The van der Waals surface area contributed by atoms with E-state index in [1.807, 2.05) is 43.4 Å². The monoisotopic (exact) mass is 272 g/mol. The SMILES string of the molecule is CC(=O)N(C)c1ccc2c(c1)CC/C(=C/N(C)C)C2=O. The van der Waals surface area contributed by atoms with Crippen LogP contribution in [0.2, 0.25) is 0 Å². The number of benzene rings is 1. The summed E-state index contributed by atoms with van der Waals surface area (Å²) < 4.78 is 0. The summed E-state index contributed by atoms with van der Waals surface area (Å²) in [7, 11) is 5.58. The number of carbonyl (C=O) groups excluding carboxylic acids is 2. The average molecular weight is 272 g/mol. The van der Waals surface area contributed by atoms with E-state index in [0.717, 1.165) is 35.2 Å². The van der Waals surface area contributed by atoms with Crippen LogP contribution in [0.1, 0.15) is 29.3 Å². The van der Waals surface area contributed by atoms with Crippen LogP contribution in [-0.4, -0.2) is 37.7 Å². The summed E-state index contributed by atoms with van der Waals surface area (Å²) in [5.74, 6) is 0.0808. The Morgan fingerprint density at radius 1 is 1.20 bits per heavy atom. The number of rotatable bonds is 2. The number of ketones is 1. The van der Waals surface area contributed by atoms with Crippen LogP contribution in [-0.2, 0) is 11.2 Å². The van der Waals surface area contributed by atoms with Crippen LogP contribution < -0.4 is 4.90 Å². The van der Waals surface area contributed by atoms with Crippen molar-refractivity contribution in [3.8, 4) is 0 Å². The van der Waals surface area contributed by atoms with Gasteiger partial charge < -0.3 is 9.80 Å². The van der Waals surface area contributed by atoms with Gasteiger partial charge in [-0.2, -0.15) is 0 Å². The molecule has 4 heteroatoms. The first-order chi connectivity index (χ1) is 9.40. The number of nitrogens with zero attached hydrogens (tertiary/aromatic N) is 2. The van der Waals surface area contributed by atoms with Gasteiger partial charge in [0.05, 0.1) is 0 Å². The molecule has 0 N–H and O–H groups in total. The molecule has 1 aliphatic rings. The second kappa shape index (κ2) is 5.49. The molecule has 2 rings (SSSR count). The summed E-state index contributed by atoms with van der Waals surface area (Å²) in [4.78, 5) is 27.3. The third kappa shape index (κ3) is 2.74. The highest BCUT2D eigenvalue weighted by molar-refractivity contribution is 6.11. The van der Waals surface area contributed by atoms with Crippen LogP contribution in [0.5, 0.6) is 0 Å². The van der Waals surface area contributed by atoms with Crippen molar-refractivity contribution in [2.45, 2.75) is 19.8 Å². The largest absolute Gasteiger partial charge is 0.383 e. The first-order valence-corrected chi connectivity index (χ1v) is 6.69. The molecule has 0 fully saturated rings.